The molecule has 2 aromatic carbocycles. The summed E-state index contributed by atoms with van der Waals surface area (Å²) in [6, 6.07) is 14.6. The average molecular weight is 383 g/mol. The second-order valence-corrected chi connectivity index (χ2v) is 6.31. The molecular formula is C21H25N3O4. The van der Waals surface area contributed by atoms with E-state index in [-0.39, 0.29) is 18.4 Å². The lowest BCUT2D eigenvalue weighted by Gasteiger charge is -2.28. The highest BCUT2D eigenvalue weighted by Crippen LogP contribution is 2.19. The molecule has 1 aliphatic heterocycles. The zero-order valence-corrected chi connectivity index (χ0v) is 15.9. The van der Waals surface area contributed by atoms with Crippen molar-refractivity contribution in [1.29, 1.82) is 0 Å². The highest BCUT2D eigenvalue weighted by Gasteiger charge is 2.14. The first-order chi connectivity index (χ1) is 13.7. The van der Waals surface area contributed by atoms with Crippen LogP contribution in [0.5, 0.6) is 5.75 Å². The molecule has 148 valence electrons. The Morgan fingerprint density at radius 2 is 1.79 bits per heavy atom. The first kappa shape index (κ1) is 19.7. The highest BCUT2D eigenvalue weighted by molar-refractivity contribution is 6.00. The summed E-state index contributed by atoms with van der Waals surface area (Å²) in [6.45, 7) is 5.37. The van der Waals surface area contributed by atoms with Gasteiger partial charge in [-0.05, 0) is 43.3 Å². The topological polar surface area (TPSA) is 79.9 Å². The second-order valence-electron chi connectivity index (χ2n) is 6.31. The highest BCUT2D eigenvalue weighted by atomic mass is 16.5. The van der Waals surface area contributed by atoms with Crippen molar-refractivity contribution in [3.63, 3.8) is 0 Å². The van der Waals surface area contributed by atoms with Crippen molar-refractivity contribution in [2.24, 2.45) is 0 Å². The van der Waals surface area contributed by atoms with E-state index in [9.17, 15) is 9.59 Å². The second kappa shape index (κ2) is 9.75. The molecule has 0 bridgehead atoms. The Labute approximate surface area is 164 Å². The standard InChI is InChI=1S/C21H25N3O4/c1-2-28-19-6-4-3-5-18(19)21(26)22-15-20(25)23-16-7-9-17(10-8-16)24-11-13-27-14-12-24/h3-10H,2,11-15H2,1H3,(H,22,26)(H,23,25). The first-order valence-corrected chi connectivity index (χ1v) is 9.40. The molecule has 28 heavy (non-hydrogen) atoms. The number of hydrogen-bond acceptors (Lipinski definition) is 5. The summed E-state index contributed by atoms with van der Waals surface area (Å²) < 4.78 is 10.8. The van der Waals surface area contributed by atoms with Gasteiger partial charge in [-0.25, -0.2) is 0 Å². The summed E-state index contributed by atoms with van der Waals surface area (Å²) in [7, 11) is 0. The van der Waals surface area contributed by atoms with E-state index in [0.717, 1.165) is 32.0 Å². The molecule has 0 spiro atoms. The number of hydrogen-bond donors (Lipinski definition) is 2. The largest absolute Gasteiger partial charge is 0.493 e. The van der Waals surface area contributed by atoms with Gasteiger partial charge in [0, 0.05) is 24.5 Å². The van der Waals surface area contributed by atoms with Crippen LogP contribution in [0.4, 0.5) is 11.4 Å². The summed E-state index contributed by atoms with van der Waals surface area (Å²) in [5.41, 5.74) is 2.19. The maximum Gasteiger partial charge on any atom is 0.255 e. The predicted molar refractivity (Wildman–Crippen MR) is 108 cm³/mol. The van der Waals surface area contributed by atoms with Crippen LogP contribution in [0.1, 0.15) is 17.3 Å². The number of rotatable bonds is 7. The van der Waals surface area contributed by atoms with Crippen LogP contribution < -0.4 is 20.3 Å². The van der Waals surface area contributed by atoms with E-state index >= 15 is 0 Å². The van der Waals surface area contributed by atoms with Crippen LogP contribution in [0.25, 0.3) is 0 Å². The zero-order valence-electron chi connectivity index (χ0n) is 15.9. The zero-order chi connectivity index (χ0) is 19.8. The van der Waals surface area contributed by atoms with Crippen molar-refractivity contribution in [3.8, 4) is 5.75 Å². The van der Waals surface area contributed by atoms with Gasteiger partial charge in [0.2, 0.25) is 5.91 Å². The number of benzene rings is 2. The van der Waals surface area contributed by atoms with E-state index in [0.29, 0.717) is 23.6 Å². The van der Waals surface area contributed by atoms with Crippen molar-refractivity contribution >= 4 is 23.2 Å². The smallest absolute Gasteiger partial charge is 0.255 e. The Kier molecular flexibility index (Phi) is 6.86. The van der Waals surface area contributed by atoms with Crippen LogP contribution in [0.15, 0.2) is 48.5 Å². The number of anilines is 2. The van der Waals surface area contributed by atoms with Gasteiger partial charge in [-0.2, -0.15) is 0 Å². The van der Waals surface area contributed by atoms with Gasteiger partial charge in [0.25, 0.3) is 5.91 Å². The number of carbonyl (C=O) groups is 2. The van der Waals surface area contributed by atoms with Gasteiger partial charge < -0.3 is 25.0 Å². The maximum atomic E-state index is 12.3. The third kappa shape index (κ3) is 5.23. The lowest BCUT2D eigenvalue weighted by Crippen LogP contribution is -2.36. The minimum atomic E-state index is -0.345. The molecule has 0 unspecified atom stereocenters. The average Bonchev–Trinajstić information content (AvgIpc) is 2.74. The van der Waals surface area contributed by atoms with Gasteiger partial charge in [0.05, 0.1) is 31.9 Å². The number of amides is 2. The predicted octanol–water partition coefficient (Wildman–Crippen LogP) is 2.29. The minimum absolute atomic E-state index is 0.121. The van der Waals surface area contributed by atoms with E-state index in [2.05, 4.69) is 15.5 Å². The summed E-state index contributed by atoms with van der Waals surface area (Å²) in [4.78, 5) is 26.7. The molecule has 3 rings (SSSR count). The van der Waals surface area contributed by atoms with Crippen LogP contribution in [0.2, 0.25) is 0 Å². The normalized spacial score (nSPS) is 13.7. The molecule has 0 radical (unpaired) electrons. The summed E-state index contributed by atoms with van der Waals surface area (Å²) in [5, 5.41) is 5.42. The van der Waals surface area contributed by atoms with Crippen LogP contribution in [-0.4, -0.2) is 51.3 Å². The molecule has 0 aromatic heterocycles. The van der Waals surface area contributed by atoms with E-state index in [1.54, 1.807) is 24.3 Å². The maximum absolute atomic E-state index is 12.3. The fraction of sp³-hybridized carbons (Fsp3) is 0.333. The third-order valence-electron chi connectivity index (χ3n) is 4.37. The van der Waals surface area contributed by atoms with Gasteiger partial charge in [-0.1, -0.05) is 12.1 Å². The monoisotopic (exact) mass is 383 g/mol. The number of morpholine rings is 1. The lowest BCUT2D eigenvalue weighted by molar-refractivity contribution is -0.115. The quantitative estimate of drug-likeness (QED) is 0.767. The van der Waals surface area contributed by atoms with Crippen molar-refractivity contribution < 1.29 is 19.1 Å². The Hall–Kier alpha value is -3.06. The van der Waals surface area contributed by atoms with E-state index in [4.69, 9.17) is 9.47 Å². The van der Waals surface area contributed by atoms with Crippen LogP contribution in [0, 0.1) is 0 Å². The first-order valence-electron chi connectivity index (χ1n) is 9.40. The van der Waals surface area contributed by atoms with Crippen molar-refractivity contribution in [3.05, 3.63) is 54.1 Å². The molecule has 1 heterocycles. The number of ether oxygens (including phenoxy) is 2. The van der Waals surface area contributed by atoms with Crippen LogP contribution >= 0.6 is 0 Å². The van der Waals surface area contributed by atoms with Gasteiger partial charge in [0.15, 0.2) is 0 Å². The van der Waals surface area contributed by atoms with E-state index in [1.165, 1.54) is 0 Å². The molecular weight excluding hydrogens is 358 g/mol. The molecule has 2 aromatic rings. The van der Waals surface area contributed by atoms with Crippen LogP contribution in [0.3, 0.4) is 0 Å². The van der Waals surface area contributed by atoms with Gasteiger partial charge in [0.1, 0.15) is 5.75 Å². The number of para-hydroxylation sites is 1. The Bertz CT molecular complexity index is 802. The van der Waals surface area contributed by atoms with Gasteiger partial charge >= 0.3 is 0 Å². The summed E-state index contributed by atoms with van der Waals surface area (Å²) in [6.07, 6.45) is 0. The number of carbonyl (C=O) groups excluding carboxylic acids is 2. The molecule has 2 amide bonds. The van der Waals surface area contributed by atoms with Crippen LogP contribution in [-0.2, 0) is 9.53 Å². The van der Waals surface area contributed by atoms with Crippen molar-refractivity contribution in [2.45, 2.75) is 6.92 Å². The Balaban J connectivity index is 1.51. The van der Waals surface area contributed by atoms with Crippen molar-refractivity contribution in [1.82, 2.24) is 5.32 Å². The molecule has 1 fully saturated rings. The fourth-order valence-electron chi connectivity index (χ4n) is 2.97. The summed E-state index contributed by atoms with van der Waals surface area (Å²) in [5.74, 6) is -0.134. The van der Waals surface area contributed by atoms with E-state index < -0.39 is 0 Å². The van der Waals surface area contributed by atoms with E-state index in [1.807, 2.05) is 31.2 Å². The Morgan fingerprint density at radius 1 is 1.07 bits per heavy atom. The number of nitrogens with one attached hydrogen (secondary N) is 2. The third-order valence-corrected chi connectivity index (χ3v) is 4.37. The molecule has 0 atom stereocenters. The molecule has 7 heteroatoms. The molecule has 0 saturated carbocycles. The molecule has 7 nitrogen and oxygen atoms in total. The minimum Gasteiger partial charge on any atom is -0.493 e. The lowest BCUT2D eigenvalue weighted by atomic mass is 10.2. The Morgan fingerprint density at radius 3 is 2.50 bits per heavy atom. The molecule has 2 N–H and O–H groups in total. The molecule has 1 saturated heterocycles. The van der Waals surface area contributed by atoms with Crippen molar-refractivity contribution in [2.75, 3.05) is 49.7 Å². The van der Waals surface area contributed by atoms with Gasteiger partial charge in [-0.3, -0.25) is 9.59 Å². The fourth-order valence-corrected chi connectivity index (χ4v) is 2.97. The molecule has 0 aliphatic carbocycles. The SMILES string of the molecule is CCOc1ccccc1C(=O)NCC(=O)Nc1ccc(N2CCOCC2)cc1. The number of nitrogens with zero attached hydrogens (tertiary/aromatic N) is 1. The summed E-state index contributed by atoms with van der Waals surface area (Å²) >= 11 is 0. The van der Waals surface area contributed by atoms with Gasteiger partial charge in [-0.15, -0.1) is 0 Å². The molecule has 1 aliphatic rings.